The number of hydrogen-bond acceptors (Lipinski definition) is 4. The molecule has 3 rings (SSSR count). The van der Waals surface area contributed by atoms with E-state index in [4.69, 9.17) is 4.74 Å². The van der Waals surface area contributed by atoms with Gasteiger partial charge >= 0.3 is 0 Å². The van der Waals surface area contributed by atoms with Gasteiger partial charge in [-0.1, -0.05) is 6.92 Å². The standard InChI is InChI=1S/C12H18N4O2/c1-2-9-7-16(5-6-18-9)12(17)11-13-10(14-15-11)8-3-4-8/h8-9H,2-7H2,1H3,(H,13,14,15). The zero-order valence-electron chi connectivity index (χ0n) is 10.6. The summed E-state index contributed by atoms with van der Waals surface area (Å²) in [5.74, 6) is 1.57. The van der Waals surface area contributed by atoms with Crippen LogP contribution in [0.2, 0.25) is 0 Å². The fourth-order valence-electron chi connectivity index (χ4n) is 2.20. The maximum Gasteiger partial charge on any atom is 0.293 e. The van der Waals surface area contributed by atoms with Crippen molar-refractivity contribution in [1.29, 1.82) is 0 Å². The average Bonchev–Trinajstić information content (AvgIpc) is 3.16. The number of rotatable bonds is 3. The Balaban J connectivity index is 1.68. The predicted octanol–water partition coefficient (Wildman–Crippen LogP) is 0.933. The van der Waals surface area contributed by atoms with Gasteiger partial charge in [-0.05, 0) is 19.3 Å². The van der Waals surface area contributed by atoms with Crippen LogP contribution < -0.4 is 0 Å². The van der Waals surface area contributed by atoms with Crippen LogP contribution >= 0.6 is 0 Å². The molecule has 1 unspecified atom stereocenters. The summed E-state index contributed by atoms with van der Waals surface area (Å²) in [5.41, 5.74) is 0. The first-order valence-corrected chi connectivity index (χ1v) is 6.61. The summed E-state index contributed by atoms with van der Waals surface area (Å²) < 4.78 is 5.55. The molecule has 1 aromatic heterocycles. The van der Waals surface area contributed by atoms with Crippen molar-refractivity contribution in [2.45, 2.75) is 38.2 Å². The van der Waals surface area contributed by atoms with Crippen LogP contribution in [-0.4, -0.2) is 51.8 Å². The number of nitrogens with one attached hydrogen (secondary N) is 1. The van der Waals surface area contributed by atoms with Crippen LogP contribution in [0.3, 0.4) is 0 Å². The van der Waals surface area contributed by atoms with Gasteiger partial charge < -0.3 is 9.64 Å². The average molecular weight is 250 g/mol. The molecule has 1 saturated heterocycles. The van der Waals surface area contributed by atoms with Crippen molar-refractivity contribution in [2.24, 2.45) is 0 Å². The third-order valence-corrected chi connectivity index (χ3v) is 3.54. The molecule has 0 spiro atoms. The van der Waals surface area contributed by atoms with Crippen LogP contribution in [0.5, 0.6) is 0 Å². The van der Waals surface area contributed by atoms with Crippen LogP contribution in [0, 0.1) is 0 Å². The molecule has 1 aliphatic carbocycles. The van der Waals surface area contributed by atoms with Gasteiger partial charge in [-0.15, -0.1) is 5.10 Å². The zero-order chi connectivity index (χ0) is 12.5. The molecule has 0 radical (unpaired) electrons. The van der Waals surface area contributed by atoms with Crippen molar-refractivity contribution in [1.82, 2.24) is 20.1 Å². The van der Waals surface area contributed by atoms with Crippen LogP contribution in [0.4, 0.5) is 0 Å². The van der Waals surface area contributed by atoms with Gasteiger partial charge in [0.25, 0.3) is 5.91 Å². The smallest absolute Gasteiger partial charge is 0.293 e. The van der Waals surface area contributed by atoms with E-state index in [0.717, 1.165) is 25.1 Å². The number of morpholine rings is 1. The third-order valence-electron chi connectivity index (χ3n) is 3.54. The quantitative estimate of drug-likeness (QED) is 0.866. The first-order valence-electron chi connectivity index (χ1n) is 6.61. The third kappa shape index (κ3) is 2.25. The zero-order valence-corrected chi connectivity index (χ0v) is 10.6. The molecule has 2 fully saturated rings. The minimum absolute atomic E-state index is 0.0834. The van der Waals surface area contributed by atoms with Crippen molar-refractivity contribution in [3.63, 3.8) is 0 Å². The van der Waals surface area contributed by atoms with Crippen molar-refractivity contribution < 1.29 is 9.53 Å². The number of nitrogens with zero attached hydrogens (tertiary/aromatic N) is 3. The van der Waals surface area contributed by atoms with Crippen molar-refractivity contribution in [2.75, 3.05) is 19.7 Å². The van der Waals surface area contributed by atoms with E-state index < -0.39 is 0 Å². The number of H-pyrrole nitrogens is 1. The Labute approximate surface area is 106 Å². The van der Waals surface area contributed by atoms with Gasteiger partial charge in [-0.25, -0.2) is 4.98 Å². The fraction of sp³-hybridized carbons (Fsp3) is 0.750. The van der Waals surface area contributed by atoms with Crippen LogP contribution in [-0.2, 0) is 4.74 Å². The molecule has 1 N–H and O–H groups in total. The maximum atomic E-state index is 12.2. The van der Waals surface area contributed by atoms with Crippen LogP contribution in [0.25, 0.3) is 0 Å². The molecule has 18 heavy (non-hydrogen) atoms. The van der Waals surface area contributed by atoms with Gasteiger partial charge in [0.05, 0.1) is 12.7 Å². The highest BCUT2D eigenvalue weighted by Gasteiger charge is 2.30. The molecule has 6 nitrogen and oxygen atoms in total. The highest BCUT2D eigenvalue weighted by Crippen LogP contribution is 2.37. The Morgan fingerprint density at radius 1 is 1.56 bits per heavy atom. The molecule has 0 aromatic carbocycles. The predicted molar refractivity (Wildman–Crippen MR) is 64.3 cm³/mol. The molecule has 1 aromatic rings. The van der Waals surface area contributed by atoms with E-state index in [1.165, 1.54) is 0 Å². The molecular formula is C12H18N4O2. The Hall–Kier alpha value is -1.43. The van der Waals surface area contributed by atoms with E-state index in [9.17, 15) is 4.79 Å². The molecule has 6 heteroatoms. The first-order chi connectivity index (χ1) is 8.78. The number of aromatic nitrogens is 3. The van der Waals surface area contributed by atoms with E-state index in [1.807, 2.05) is 0 Å². The number of carbonyl (C=O) groups is 1. The van der Waals surface area contributed by atoms with E-state index in [2.05, 4.69) is 22.1 Å². The molecule has 1 atom stereocenters. The van der Waals surface area contributed by atoms with Gasteiger partial charge in [-0.3, -0.25) is 9.89 Å². The Bertz CT molecular complexity index is 441. The lowest BCUT2D eigenvalue weighted by Gasteiger charge is -2.31. The SMILES string of the molecule is CCC1CN(C(=O)c2n[nH]c(C3CC3)n2)CCO1. The van der Waals surface area contributed by atoms with Crippen molar-refractivity contribution in [3.05, 3.63) is 11.6 Å². The molecule has 2 heterocycles. The molecule has 1 aliphatic heterocycles. The highest BCUT2D eigenvalue weighted by molar-refractivity contribution is 5.90. The number of hydrogen-bond donors (Lipinski definition) is 1. The number of ether oxygens (including phenoxy) is 1. The Morgan fingerprint density at radius 3 is 3.11 bits per heavy atom. The molecule has 2 aliphatic rings. The van der Waals surface area contributed by atoms with Gasteiger partial charge in [0.1, 0.15) is 5.82 Å². The summed E-state index contributed by atoms with van der Waals surface area (Å²) in [7, 11) is 0. The molecular weight excluding hydrogens is 232 g/mol. The first kappa shape index (κ1) is 11.6. The molecule has 98 valence electrons. The van der Waals surface area contributed by atoms with Crippen LogP contribution in [0.15, 0.2) is 0 Å². The van der Waals surface area contributed by atoms with Gasteiger partial charge in [-0.2, -0.15) is 0 Å². The summed E-state index contributed by atoms with van der Waals surface area (Å²) in [5, 5.41) is 6.91. The minimum atomic E-state index is -0.0834. The second kappa shape index (κ2) is 4.68. The van der Waals surface area contributed by atoms with E-state index in [-0.39, 0.29) is 12.0 Å². The maximum absolute atomic E-state index is 12.2. The Kier molecular flexibility index (Phi) is 3.03. The van der Waals surface area contributed by atoms with Gasteiger partial charge in [0, 0.05) is 19.0 Å². The van der Waals surface area contributed by atoms with Crippen molar-refractivity contribution >= 4 is 5.91 Å². The van der Waals surface area contributed by atoms with Gasteiger partial charge in [0.2, 0.25) is 5.82 Å². The van der Waals surface area contributed by atoms with E-state index >= 15 is 0 Å². The lowest BCUT2D eigenvalue weighted by Crippen LogP contribution is -2.45. The monoisotopic (exact) mass is 250 g/mol. The molecule has 1 saturated carbocycles. The lowest BCUT2D eigenvalue weighted by atomic mass is 10.2. The summed E-state index contributed by atoms with van der Waals surface area (Å²) in [4.78, 5) is 18.3. The molecule has 1 amide bonds. The minimum Gasteiger partial charge on any atom is -0.375 e. The number of aromatic amines is 1. The summed E-state index contributed by atoms with van der Waals surface area (Å²) >= 11 is 0. The second-order valence-corrected chi connectivity index (χ2v) is 4.97. The van der Waals surface area contributed by atoms with Crippen LogP contribution in [0.1, 0.15) is 48.5 Å². The molecule has 0 bridgehead atoms. The summed E-state index contributed by atoms with van der Waals surface area (Å²) in [6.45, 7) is 3.94. The van der Waals surface area contributed by atoms with Gasteiger partial charge in [0.15, 0.2) is 0 Å². The largest absolute Gasteiger partial charge is 0.375 e. The fourth-order valence-corrected chi connectivity index (χ4v) is 2.20. The second-order valence-electron chi connectivity index (χ2n) is 4.97. The number of carbonyl (C=O) groups excluding carboxylic acids is 1. The highest BCUT2D eigenvalue weighted by atomic mass is 16.5. The van der Waals surface area contributed by atoms with Crippen molar-refractivity contribution in [3.8, 4) is 0 Å². The summed E-state index contributed by atoms with van der Waals surface area (Å²) in [6, 6.07) is 0. The normalized spacial score (nSPS) is 24.3. The topological polar surface area (TPSA) is 71.1 Å². The number of amides is 1. The van der Waals surface area contributed by atoms with E-state index in [0.29, 0.717) is 31.4 Å². The lowest BCUT2D eigenvalue weighted by molar-refractivity contribution is -0.0230. The Morgan fingerprint density at radius 2 is 2.39 bits per heavy atom. The van der Waals surface area contributed by atoms with E-state index in [1.54, 1.807) is 4.90 Å². The summed E-state index contributed by atoms with van der Waals surface area (Å²) in [6.07, 6.45) is 3.37.